The van der Waals surface area contributed by atoms with Crippen molar-refractivity contribution in [2.24, 2.45) is 0 Å². The fraction of sp³-hybridized carbons (Fsp3) is 0.292. The van der Waals surface area contributed by atoms with Crippen molar-refractivity contribution < 1.29 is 4.79 Å². The molecule has 3 aromatic rings. The van der Waals surface area contributed by atoms with Crippen LogP contribution >= 0.6 is 11.6 Å². The average Bonchev–Trinajstić information content (AvgIpc) is 2.78. The Balaban J connectivity index is 1.51. The third-order valence-corrected chi connectivity index (χ3v) is 5.81. The molecular formula is C24H26ClN5O2. The molecule has 1 amide bonds. The maximum Gasteiger partial charge on any atom is 0.255 e. The van der Waals surface area contributed by atoms with Crippen molar-refractivity contribution in [1.29, 1.82) is 0 Å². The molecule has 166 valence electrons. The van der Waals surface area contributed by atoms with Gasteiger partial charge in [0.15, 0.2) is 0 Å². The molecular weight excluding hydrogens is 426 g/mol. The minimum Gasteiger partial charge on any atom is -0.368 e. The number of aromatic nitrogens is 2. The summed E-state index contributed by atoms with van der Waals surface area (Å²) in [4.78, 5) is 34.5. The Morgan fingerprint density at radius 3 is 2.38 bits per heavy atom. The summed E-state index contributed by atoms with van der Waals surface area (Å²) in [5.74, 6) is 0.195. The van der Waals surface area contributed by atoms with Gasteiger partial charge in [-0.3, -0.25) is 14.2 Å². The van der Waals surface area contributed by atoms with E-state index in [0.29, 0.717) is 35.4 Å². The molecule has 0 saturated carbocycles. The van der Waals surface area contributed by atoms with Crippen LogP contribution in [0.3, 0.4) is 0 Å². The fourth-order valence-corrected chi connectivity index (χ4v) is 4.14. The van der Waals surface area contributed by atoms with Crippen LogP contribution in [0.5, 0.6) is 0 Å². The summed E-state index contributed by atoms with van der Waals surface area (Å²) in [5.41, 5.74) is 3.09. The SMILES string of the molecule is Cc1ccc(NC(=O)Cn2c(N3CCN(c4ccccc4)CC3)nc(C)cc2=O)c(Cl)c1. The first-order chi connectivity index (χ1) is 15.4. The molecule has 8 heteroatoms. The molecule has 0 radical (unpaired) electrons. The van der Waals surface area contributed by atoms with Crippen LogP contribution in [0.4, 0.5) is 17.3 Å². The molecule has 4 rings (SSSR count). The Kier molecular flexibility index (Phi) is 6.46. The largest absolute Gasteiger partial charge is 0.368 e. The van der Waals surface area contributed by atoms with Gasteiger partial charge in [0.05, 0.1) is 10.7 Å². The van der Waals surface area contributed by atoms with E-state index in [1.54, 1.807) is 19.1 Å². The molecule has 0 bridgehead atoms. The van der Waals surface area contributed by atoms with E-state index in [2.05, 4.69) is 32.2 Å². The molecule has 1 N–H and O–H groups in total. The van der Waals surface area contributed by atoms with Gasteiger partial charge in [-0.25, -0.2) is 4.98 Å². The number of halogens is 1. The molecule has 1 aliphatic rings. The highest BCUT2D eigenvalue weighted by atomic mass is 35.5. The number of anilines is 3. The smallest absolute Gasteiger partial charge is 0.255 e. The second kappa shape index (κ2) is 9.44. The number of hydrogen-bond acceptors (Lipinski definition) is 5. The third kappa shape index (κ3) is 4.94. The summed E-state index contributed by atoms with van der Waals surface area (Å²) in [6, 6.07) is 17.1. The van der Waals surface area contributed by atoms with E-state index in [1.165, 1.54) is 16.3 Å². The average molecular weight is 452 g/mol. The molecule has 1 aromatic heterocycles. The highest BCUT2D eigenvalue weighted by molar-refractivity contribution is 6.33. The van der Waals surface area contributed by atoms with Crippen molar-refractivity contribution in [3.8, 4) is 0 Å². The van der Waals surface area contributed by atoms with E-state index in [9.17, 15) is 9.59 Å². The summed E-state index contributed by atoms with van der Waals surface area (Å²) in [6.07, 6.45) is 0. The molecule has 1 saturated heterocycles. The van der Waals surface area contributed by atoms with E-state index < -0.39 is 0 Å². The molecule has 0 unspecified atom stereocenters. The number of carbonyl (C=O) groups excluding carboxylic acids is 1. The highest BCUT2D eigenvalue weighted by Crippen LogP contribution is 2.23. The maximum atomic E-state index is 12.8. The van der Waals surface area contributed by atoms with Crippen LogP contribution in [0.15, 0.2) is 59.4 Å². The lowest BCUT2D eigenvalue weighted by Gasteiger charge is -2.37. The molecule has 7 nitrogen and oxygen atoms in total. The topological polar surface area (TPSA) is 70.5 Å². The third-order valence-electron chi connectivity index (χ3n) is 5.50. The normalized spacial score (nSPS) is 13.8. The van der Waals surface area contributed by atoms with Crippen LogP contribution < -0.4 is 20.7 Å². The summed E-state index contributed by atoms with van der Waals surface area (Å²) in [5, 5.41) is 3.26. The quantitative estimate of drug-likeness (QED) is 0.643. The molecule has 32 heavy (non-hydrogen) atoms. The van der Waals surface area contributed by atoms with E-state index in [0.717, 1.165) is 18.7 Å². The minimum absolute atomic E-state index is 0.134. The number of hydrogen-bond donors (Lipinski definition) is 1. The number of rotatable bonds is 5. The van der Waals surface area contributed by atoms with Gasteiger partial charge in [0.1, 0.15) is 6.54 Å². The number of piperazine rings is 1. The van der Waals surface area contributed by atoms with Crippen LogP contribution in [0.1, 0.15) is 11.3 Å². The van der Waals surface area contributed by atoms with E-state index in [4.69, 9.17) is 11.6 Å². The Labute approximate surface area is 192 Å². The van der Waals surface area contributed by atoms with E-state index in [-0.39, 0.29) is 18.0 Å². The van der Waals surface area contributed by atoms with Crippen LogP contribution in [0.25, 0.3) is 0 Å². The first-order valence-corrected chi connectivity index (χ1v) is 11.0. The van der Waals surface area contributed by atoms with Gasteiger partial charge in [0, 0.05) is 43.6 Å². The van der Waals surface area contributed by atoms with Gasteiger partial charge in [0.2, 0.25) is 11.9 Å². The minimum atomic E-state index is -0.326. The van der Waals surface area contributed by atoms with Crippen molar-refractivity contribution in [2.45, 2.75) is 20.4 Å². The summed E-state index contributed by atoms with van der Waals surface area (Å²) in [6.45, 7) is 6.61. The van der Waals surface area contributed by atoms with Gasteiger partial charge in [-0.05, 0) is 43.7 Å². The van der Waals surface area contributed by atoms with Crippen molar-refractivity contribution in [3.63, 3.8) is 0 Å². The van der Waals surface area contributed by atoms with Gasteiger partial charge < -0.3 is 15.1 Å². The van der Waals surface area contributed by atoms with Gasteiger partial charge in [0.25, 0.3) is 5.56 Å². The summed E-state index contributed by atoms with van der Waals surface area (Å²) < 4.78 is 1.43. The molecule has 2 heterocycles. The Hall–Kier alpha value is -3.32. The zero-order valence-electron chi connectivity index (χ0n) is 18.2. The van der Waals surface area contributed by atoms with Gasteiger partial charge in [-0.15, -0.1) is 0 Å². The van der Waals surface area contributed by atoms with Crippen LogP contribution in [0, 0.1) is 13.8 Å². The number of carbonyl (C=O) groups is 1. The molecule has 0 spiro atoms. The van der Waals surface area contributed by atoms with Crippen molar-refractivity contribution in [2.75, 3.05) is 41.3 Å². The first kappa shape index (κ1) is 21.9. The second-order valence-electron chi connectivity index (χ2n) is 7.96. The number of nitrogens with zero attached hydrogens (tertiary/aromatic N) is 4. The fourth-order valence-electron chi connectivity index (χ4n) is 3.85. The molecule has 1 fully saturated rings. The summed E-state index contributed by atoms with van der Waals surface area (Å²) >= 11 is 6.24. The maximum absolute atomic E-state index is 12.8. The van der Waals surface area contributed by atoms with E-state index >= 15 is 0 Å². The van der Waals surface area contributed by atoms with Gasteiger partial charge in [-0.1, -0.05) is 35.9 Å². The van der Waals surface area contributed by atoms with Crippen molar-refractivity contribution >= 4 is 34.8 Å². The molecule has 1 aliphatic heterocycles. The lowest BCUT2D eigenvalue weighted by Crippen LogP contribution is -2.48. The predicted octanol–water partition coefficient (Wildman–Crippen LogP) is 3.48. The Morgan fingerprint density at radius 2 is 1.69 bits per heavy atom. The number of amides is 1. The number of nitrogens with one attached hydrogen (secondary N) is 1. The van der Waals surface area contributed by atoms with Crippen LogP contribution in [-0.2, 0) is 11.3 Å². The molecule has 0 aliphatic carbocycles. The highest BCUT2D eigenvalue weighted by Gasteiger charge is 2.22. The number of aryl methyl sites for hydroxylation is 2. The van der Waals surface area contributed by atoms with Gasteiger partial charge in [-0.2, -0.15) is 0 Å². The standard InChI is InChI=1S/C24H26ClN5O2/c1-17-8-9-21(20(25)14-17)27-22(31)16-30-23(32)15-18(2)26-24(30)29-12-10-28(11-13-29)19-6-4-3-5-7-19/h3-9,14-15H,10-13,16H2,1-2H3,(H,27,31). The number of benzene rings is 2. The Bertz CT molecular complexity index is 1170. The second-order valence-corrected chi connectivity index (χ2v) is 8.37. The predicted molar refractivity (Wildman–Crippen MR) is 129 cm³/mol. The first-order valence-electron chi connectivity index (χ1n) is 10.6. The molecule has 2 aromatic carbocycles. The number of para-hydroxylation sites is 1. The Morgan fingerprint density at radius 1 is 1.00 bits per heavy atom. The van der Waals surface area contributed by atoms with Crippen LogP contribution in [-0.4, -0.2) is 41.6 Å². The van der Waals surface area contributed by atoms with Crippen LogP contribution in [0.2, 0.25) is 5.02 Å². The lowest BCUT2D eigenvalue weighted by molar-refractivity contribution is -0.116. The monoisotopic (exact) mass is 451 g/mol. The van der Waals surface area contributed by atoms with Crippen molar-refractivity contribution in [3.05, 3.63) is 81.2 Å². The van der Waals surface area contributed by atoms with Crippen molar-refractivity contribution in [1.82, 2.24) is 9.55 Å². The zero-order valence-corrected chi connectivity index (χ0v) is 19.0. The van der Waals surface area contributed by atoms with Gasteiger partial charge >= 0.3 is 0 Å². The lowest BCUT2D eigenvalue weighted by atomic mass is 10.2. The molecule has 0 atom stereocenters. The zero-order chi connectivity index (χ0) is 22.7. The van der Waals surface area contributed by atoms with E-state index in [1.807, 2.05) is 31.2 Å². The summed E-state index contributed by atoms with van der Waals surface area (Å²) in [7, 11) is 0.